The maximum Gasteiger partial charge on any atom is 0.275 e. The number of hydrogen-bond donors (Lipinski definition) is 2. The lowest BCUT2D eigenvalue weighted by atomic mass is 10.1. The summed E-state index contributed by atoms with van der Waals surface area (Å²) in [7, 11) is 1.78. The third-order valence-corrected chi connectivity index (χ3v) is 3.02. The summed E-state index contributed by atoms with van der Waals surface area (Å²) in [5.74, 6) is 0.735. The van der Waals surface area contributed by atoms with E-state index in [0.29, 0.717) is 17.3 Å². The predicted molar refractivity (Wildman–Crippen MR) is 81.3 cm³/mol. The molecule has 0 aliphatic rings. The molecule has 0 bridgehead atoms. The maximum absolute atomic E-state index is 12.3. The number of aromatic nitrogens is 3. The molecule has 0 radical (unpaired) electrons. The van der Waals surface area contributed by atoms with E-state index in [1.54, 1.807) is 31.4 Å². The van der Waals surface area contributed by atoms with Gasteiger partial charge in [0.2, 0.25) is 0 Å². The second-order valence-corrected chi connectivity index (χ2v) is 4.39. The van der Waals surface area contributed by atoms with E-state index in [4.69, 9.17) is 0 Å². The van der Waals surface area contributed by atoms with Crippen molar-refractivity contribution < 1.29 is 4.79 Å². The molecule has 0 unspecified atom stereocenters. The summed E-state index contributed by atoms with van der Waals surface area (Å²) in [5, 5.41) is 15.1. The zero-order chi connectivity index (χ0) is 14.7. The van der Waals surface area contributed by atoms with Crippen LogP contribution in [-0.4, -0.2) is 28.1 Å². The van der Waals surface area contributed by atoms with Crippen molar-refractivity contribution in [3.63, 3.8) is 0 Å². The fraction of sp³-hybridized carbons (Fsp3) is 0.0667. The van der Waals surface area contributed by atoms with Gasteiger partial charge in [0.25, 0.3) is 5.91 Å². The van der Waals surface area contributed by atoms with E-state index in [-0.39, 0.29) is 5.91 Å². The third kappa shape index (κ3) is 2.64. The van der Waals surface area contributed by atoms with E-state index in [2.05, 4.69) is 25.8 Å². The highest BCUT2D eigenvalue weighted by atomic mass is 16.1. The fourth-order valence-electron chi connectivity index (χ4n) is 2.05. The topological polar surface area (TPSA) is 79.8 Å². The van der Waals surface area contributed by atoms with Gasteiger partial charge in [-0.2, -0.15) is 5.10 Å². The summed E-state index contributed by atoms with van der Waals surface area (Å²) >= 11 is 0. The summed E-state index contributed by atoms with van der Waals surface area (Å²) in [6, 6.07) is 12.9. The minimum atomic E-state index is -0.322. The van der Waals surface area contributed by atoms with Gasteiger partial charge in [0.1, 0.15) is 11.5 Å². The Morgan fingerprint density at radius 3 is 2.76 bits per heavy atom. The van der Waals surface area contributed by atoms with Gasteiger partial charge in [-0.05, 0) is 23.6 Å². The average Bonchev–Trinajstić information content (AvgIpc) is 2.54. The van der Waals surface area contributed by atoms with Gasteiger partial charge in [-0.1, -0.05) is 24.3 Å². The second kappa shape index (κ2) is 5.54. The molecule has 1 aromatic carbocycles. The van der Waals surface area contributed by atoms with Crippen LogP contribution in [0.4, 0.5) is 11.6 Å². The first-order valence-electron chi connectivity index (χ1n) is 6.44. The summed E-state index contributed by atoms with van der Waals surface area (Å²) in [6.07, 6.45) is 1.54. The van der Waals surface area contributed by atoms with Gasteiger partial charge in [0.15, 0.2) is 5.82 Å². The first-order chi connectivity index (χ1) is 10.3. The quantitative estimate of drug-likeness (QED) is 0.769. The van der Waals surface area contributed by atoms with Crippen LogP contribution >= 0.6 is 0 Å². The Morgan fingerprint density at radius 2 is 2.00 bits per heavy atom. The molecule has 104 valence electrons. The Labute approximate surface area is 121 Å². The van der Waals surface area contributed by atoms with Crippen molar-refractivity contribution in [2.24, 2.45) is 0 Å². The normalized spacial score (nSPS) is 10.3. The molecule has 2 N–H and O–H groups in total. The summed E-state index contributed by atoms with van der Waals surface area (Å²) < 4.78 is 0. The molecule has 3 rings (SSSR count). The number of pyridine rings is 1. The van der Waals surface area contributed by atoms with Gasteiger partial charge in [0, 0.05) is 18.6 Å². The fourth-order valence-corrected chi connectivity index (χ4v) is 2.05. The Balaban J connectivity index is 1.98. The standard InChI is InChI=1S/C15H13N5O/c1-16-14-11-6-3-2-5-10(11)9-12(18-14)15(21)19-13-7-4-8-17-20-13/h2-9H,1H3,(H,16,18)(H,19,20,21). The highest BCUT2D eigenvalue weighted by molar-refractivity contribution is 6.06. The zero-order valence-electron chi connectivity index (χ0n) is 11.4. The molecule has 6 heteroatoms. The molecule has 1 amide bonds. The van der Waals surface area contributed by atoms with Crippen molar-refractivity contribution in [3.05, 3.63) is 54.4 Å². The van der Waals surface area contributed by atoms with Gasteiger partial charge in [-0.25, -0.2) is 4.98 Å². The lowest BCUT2D eigenvalue weighted by Gasteiger charge is -2.08. The SMILES string of the molecule is CNc1nc(C(=O)Nc2cccnn2)cc2ccccc12. The van der Waals surface area contributed by atoms with Crippen LogP contribution in [0.5, 0.6) is 0 Å². The van der Waals surface area contributed by atoms with Crippen molar-refractivity contribution in [1.29, 1.82) is 0 Å². The number of carbonyl (C=O) groups is 1. The molecule has 0 fully saturated rings. The zero-order valence-corrected chi connectivity index (χ0v) is 11.4. The van der Waals surface area contributed by atoms with Crippen LogP contribution in [0, 0.1) is 0 Å². The molecule has 0 saturated carbocycles. The molecule has 6 nitrogen and oxygen atoms in total. The van der Waals surface area contributed by atoms with Crippen LogP contribution in [0.2, 0.25) is 0 Å². The van der Waals surface area contributed by atoms with Crippen LogP contribution in [0.3, 0.4) is 0 Å². The van der Waals surface area contributed by atoms with Gasteiger partial charge in [-0.15, -0.1) is 5.10 Å². The molecule has 0 atom stereocenters. The highest BCUT2D eigenvalue weighted by Crippen LogP contribution is 2.22. The number of benzene rings is 1. The van der Waals surface area contributed by atoms with Crippen LogP contribution in [0.15, 0.2) is 48.7 Å². The first-order valence-corrected chi connectivity index (χ1v) is 6.44. The van der Waals surface area contributed by atoms with Crippen LogP contribution in [0.1, 0.15) is 10.5 Å². The molecule has 2 heterocycles. The van der Waals surface area contributed by atoms with Crippen molar-refractivity contribution in [2.45, 2.75) is 0 Å². The lowest BCUT2D eigenvalue weighted by molar-refractivity contribution is 0.102. The Kier molecular flexibility index (Phi) is 3.42. The summed E-state index contributed by atoms with van der Waals surface area (Å²) in [6.45, 7) is 0. The smallest absolute Gasteiger partial charge is 0.275 e. The lowest BCUT2D eigenvalue weighted by Crippen LogP contribution is -2.15. The molecular formula is C15H13N5O. The van der Waals surface area contributed by atoms with Gasteiger partial charge in [0.05, 0.1) is 0 Å². The van der Waals surface area contributed by atoms with E-state index >= 15 is 0 Å². The Bertz CT molecular complexity index is 788. The molecule has 0 saturated heterocycles. The van der Waals surface area contributed by atoms with Crippen LogP contribution in [-0.2, 0) is 0 Å². The van der Waals surface area contributed by atoms with Gasteiger partial charge in [-0.3, -0.25) is 4.79 Å². The number of carbonyl (C=O) groups excluding carboxylic acids is 1. The molecule has 21 heavy (non-hydrogen) atoms. The molecule has 0 spiro atoms. The van der Waals surface area contributed by atoms with E-state index in [0.717, 1.165) is 10.8 Å². The summed E-state index contributed by atoms with van der Waals surface area (Å²) in [5.41, 5.74) is 0.323. The number of nitrogens with one attached hydrogen (secondary N) is 2. The van der Waals surface area contributed by atoms with Crippen molar-refractivity contribution in [3.8, 4) is 0 Å². The molecule has 0 aliphatic heterocycles. The monoisotopic (exact) mass is 279 g/mol. The number of fused-ring (bicyclic) bond motifs is 1. The number of hydrogen-bond acceptors (Lipinski definition) is 5. The van der Waals surface area contributed by atoms with E-state index in [1.165, 1.54) is 0 Å². The second-order valence-electron chi connectivity index (χ2n) is 4.39. The molecule has 0 aliphatic carbocycles. The van der Waals surface area contributed by atoms with Crippen molar-refractivity contribution in [2.75, 3.05) is 17.7 Å². The Morgan fingerprint density at radius 1 is 1.14 bits per heavy atom. The molecule has 2 aromatic heterocycles. The third-order valence-electron chi connectivity index (χ3n) is 3.02. The van der Waals surface area contributed by atoms with Gasteiger partial charge < -0.3 is 10.6 Å². The summed E-state index contributed by atoms with van der Waals surface area (Å²) in [4.78, 5) is 16.6. The predicted octanol–water partition coefficient (Wildman–Crippen LogP) is 2.32. The number of anilines is 2. The average molecular weight is 279 g/mol. The minimum Gasteiger partial charge on any atom is -0.373 e. The van der Waals surface area contributed by atoms with Crippen molar-refractivity contribution >= 4 is 28.3 Å². The number of nitrogens with zero attached hydrogens (tertiary/aromatic N) is 3. The van der Waals surface area contributed by atoms with Gasteiger partial charge >= 0.3 is 0 Å². The first kappa shape index (κ1) is 13.0. The van der Waals surface area contributed by atoms with E-state index in [9.17, 15) is 4.79 Å². The van der Waals surface area contributed by atoms with Crippen molar-refractivity contribution in [1.82, 2.24) is 15.2 Å². The number of amides is 1. The maximum atomic E-state index is 12.3. The molecular weight excluding hydrogens is 266 g/mol. The van der Waals surface area contributed by atoms with E-state index < -0.39 is 0 Å². The van der Waals surface area contributed by atoms with Crippen LogP contribution in [0.25, 0.3) is 10.8 Å². The number of rotatable bonds is 3. The van der Waals surface area contributed by atoms with E-state index in [1.807, 2.05) is 24.3 Å². The van der Waals surface area contributed by atoms with Crippen LogP contribution < -0.4 is 10.6 Å². The largest absolute Gasteiger partial charge is 0.373 e. The molecule has 3 aromatic rings. The minimum absolute atomic E-state index is 0.322. The highest BCUT2D eigenvalue weighted by Gasteiger charge is 2.12. The Hall–Kier alpha value is -3.02.